The van der Waals surface area contributed by atoms with Gasteiger partial charge in [0.15, 0.2) is 17.3 Å². The summed E-state index contributed by atoms with van der Waals surface area (Å²) in [6.45, 7) is 12.8. The minimum Gasteiger partial charge on any atom is -0.505 e. The maximum absolute atomic E-state index is 13.7. The number of hydrogen-bond acceptors (Lipinski definition) is 8. The van der Waals surface area contributed by atoms with Gasteiger partial charge in [-0.2, -0.15) is 0 Å². The molecule has 10 heteroatoms. The molecule has 3 aromatic rings. The number of likely N-dealkylation sites (tertiary alicyclic amines) is 1. The Balaban J connectivity index is 1.55. The predicted octanol–water partition coefficient (Wildman–Crippen LogP) is 4.53. The smallest absolute Gasteiger partial charge is 0.295 e. The number of benzene rings is 1. The SMILES string of the molecule is COc1cc(C2C(=C(O)c3nc4c(C)cccn4c3C)C(=O)C(=O)N2CCCN2CCOCC2)ccc1OCCC(C)C. The van der Waals surface area contributed by atoms with Gasteiger partial charge in [-0.3, -0.25) is 14.5 Å². The van der Waals surface area contributed by atoms with Crippen molar-refractivity contribution in [1.29, 1.82) is 0 Å². The number of hydrogen-bond donors (Lipinski definition) is 1. The molecule has 1 unspecified atom stereocenters. The van der Waals surface area contributed by atoms with Crippen molar-refractivity contribution in [1.82, 2.24) is 19.2 Å². The number of amides is 1. The zero-order valence-electron chi connectivity index (χ0n) is 25.8. The Morgan fingerprint density at radius 3 is 2.58 bits per heavy atom. The van der Waals surface area contributed by atoms with Gasteiger partial charge in [-0.15, -0.1) is 0 Å². The number of methoxy groups -OCH3 is 1. The fourth-order valence-electron chi connectivity index (χ4n) is 5.80. The van der Waals surface area contributed by atoms with E-state index in [1.54, 1.807) is 18.1 Å². The van der Waals surface area contributed by atoms with E-state index < -0.39 is 17.7 Å². The second-order valence-electron chi connectivity index (χ2n) is 11.7. The second-order valence-corrected chi connectivity index (χ2v) is 11.7. The average molecular weight is 591 g/mol. The second kappa shape index (κ2) is 13.2. The van der Waals surface area contributed by atoms with Crippen LogP contribution in [0.5, 0.6) is 11.5 Å². The van der Waals surface area contributed by atoms with Gasteiger partial charge < -0.3 is 28.6 Å². The van der Waals surface area contributed by atoms with E-state index in [1.807, 2.05) is 48.7 Å². The predicted molar refractivity (Wildman–Crippen MR) is 163 cm³/mol. The largest absolute Gasteiger partial charge is 0.505 e. The maximum atomic E-state index is 13.7. The van der Waals surface area contributed by atoms with Gasteiger partial charge in [-0.1, -0.05) is 26.0 Å². The Bertz CT molecular complexity index is 1520. The van der Waals surface area contributed by atoms with Crippen LogP contribution in [0.3, 0.4) is 0 Å². The highest BCUT2D eigenvalue weighted by atomic mass is 16.5. The normalized spacial score (nSPS) is 19.1. The summed E-state index contributed by atoms with van der Waals surface area (Å²) in [7, 11) is 1.57. The third kappa shape index (κ3) is 6.26. The molecule has 0 saturated carbocycles. The lowest BCUT2D eigenvalue weighted by Gasteiger charge is -2.29. The minimum atomic E-state index is -0.811. The molecule has 230 valence electrons. The number of nitrogens with zero attached hydrogens (tertiary/aromatic N) is 4. The molecule has 2 aliphatic heterocycles. The van der Waals surface area contributed by atoms with Crippen LogP contribution in [0.15, 0.2) is 42.1 Å². The number of ether oxygens (including phenoxy) is 3. The fourth-order valence-corrected chi connectivity index (χ4v) is 5.80. The molecule has 1 amide bonds. The average Bonchev–Trinajstić information content (AvgIpc) is 3.47. The van der Waals surface area contributed by atoms with Crippen LogP contribution in [-0.2, 0) is 14.3 Å². The Labute approximate surface area is 252 Å². The fraction of sp³-hybridized carbons (Fsp3) is 0.485. The molecular formula is C33H42N4O6. The van der Waals surface area contributed by atoms with E-state index in [0.717, 1.165) is 31.6 Å². The molecule has 0 aliphatic carbocycles. The molecule has 43 heavy (non-hydrogen) atoms. The van der Waals surface area contributed by atoms with Crippen molar-refractivity contribution in [2.24, 2.45) is 5.92 Å². The minimum absolute atomic E-state index is 0.0241. The molecule has 0 radical (unpaired) electrons. The van der Waals surface area contributed by atoms with Crippen molar-refractivity contribution in [3.8, 4) is 11.5 Å². The van der Waals surface area contributed by atoms with Gasteiger partial charge in [0.2, 0.25) is 0 Å². The van der Waals surface area contributed by atoms with Crippen LogP contribution in [0.4, 0.5) is 0 Å². The molecule has 2 aromatic heterocycles. The molecule has 5 rings (SSSR count). The molecule has 1 atom stereocenters. The van der Waals surface area contributed by atoms with Gasteiger partial charge in [-0.25, -0.2) is 4.98 Å². The third-order valence-electron chi connectivity index (χ3n) is 8.28. The zero-order chi connectivity index (χ0) is 30.7. The number of Topliss-reactive ketones (excluding diaryl/α,β-unsaturated/α-hetero) is 1. The van der Waals surface area contributed by atoms with Crippen LogP contribution in [0.1, 0.15) is 55.2 Å². The molecule has 0 spiro atoms. The van der Waals surface area contributed by atoms with Crippen LogP contribution in [0.2, 0.25) is 0 Å². The Morgan fingerprint density at radius 2 is 1.88 bits per heavy atom. The number of aliphatic hydroxyl groups is 1. The van der Waals surface area contributed by atoms with Crippen LogP contribution >= 0.6 is 0 Å². The number of carbonyl (C=O) groups is 2. The van der Waals surface area contributed by atoms with E-state index in [-0.39, 0.29) is 17.0 Å². The monoisotopic (exact) mass is 590 g/mol. The summed E-state index contributed by atoms with van der Waals surface area (Å²) < 4.78 is 19.0. The van der Waals surface area contributed by atoms with Gasteiger partial charge in [0.05, 0.1) is 44.2 Å². The van der Waals surface area contributed by atoms with Crippen LogP contribution in [0, 0.1) is 19.8 Å². The lowest BCUT2D eigenvalue weighted by molar-refractivity contribution is -0.140. The number of ketones is 1. The lowest BCUT2D eigenvalue weighted by atomic mass is 9.96. The van der Waals surface area contributed by atoms with Gasteiger partial charge in [-0.05, 0) is 61.9 Å². The first-order valence-corrected chi connectivity index (χ1v) is 15.0. The molecule has 10 nitrogen and oxygen atoms in total. The van der Waals surface area contributed by atoms with E-state index in [9.17, 15) is 14.7 Å². The van der Waals surface area contributed by atoms with Gasteiger partial charge in [0.1, 0.15) is 11.3 Å². The van der Waals surface area contributed by atoms with Crippen LogP contribution in [-0.4, -0.2) is 89.1 Å². The highest BCUT2D eigenvalue weighted by Crippen LogP contribution is 2.42. The molecule has 2 fully saturated rings. The third-order valence-corrected chi connectivity index (χ3v) is 8.28. The van der Waals surface area contributed by atoms with Crippen molar-refractivity contribution >= 4 is 23.1 Å². The topological polar surface area (TPSA) is 106 Å². The van der Waals surface area contributed by atoms with Gasteiger partial charge in [0.25, 0.3) is 11.7 Å². The maximum Gasteiger partial charge on any atom is 0.295 e. The first-order valence-electron chi connectivity index (χ1n) is 15.0. The first kappa shape index (κ1) is 30.6. The number of rotatable bonds is 11. The quantitative estimate of drug-likeness (QED) is 0.197. The van der Waals surface area contributed by atoms with E-state index in [4.69, 9.17) is 19.2 Å². The van der Waals surface area contributed by atoms with E-state index in [0.29, 0.717) is 67.1 Å². The highest BCUT2D eigenvalue weighted by molar-refractivity contribution is 6.46. The molecule has 2 saturated heterocycles. The zero-order valence-corrected chi connectivity index (χ0v) is 25.8. The van der Waals surface area contributed by atoms with Crippen molar-refractivity contribution in [3.63, 3.8) is 0 Å². The number of aryl methyl sites for hydroxylation is 2. The summed E-state index contributed by atoms with van der Waals surface area (Å²) in [4.78, 5) is 35.8. The number of aromatic nitrogens is 2. The van der Waals surface area contributed by atoms with Gasteiger partial charge in [0, 0.05) is 32.4 Å². The molecule has 1 aromatic carbocycles. The summed E-state index contributed by atoms with van der Waals surface area (Å²) in [5, 5.41) is 11.7. The molecule has 0 bridgehead atoms. The van der Waals surface area contributed by atoms with Gasteiger partial charge >= 0.3 is 0 Å². The molecule has 4 heterocycles. The Morgan fingerprint density at radius 1 is 1.12 bits per heavy atom. The number of pyridine rings is 1. The van der Waals surface area contributed by atoms with E-state index in [1.165, 1.54) is 0 Å². The lowest BCUT2D eigenvalue weighted by Crippen LogP contribution is -2.39. The summed E-state index contributed by atoms with van der Waals surface area (Å²) in [5.41, 5.74) is 3.25. The van der Waals surface area contributed by atoms with Crippen molar-refractivity contribution < 1.29 is 28.9 Å². The van der Waals surface area contributed by atoms with Crippen molar-refractivity contribution in [2.45, 2.75) is 46.6 Å². The Hall–Kier alpha value is -3.89. The summed E-state index contributed by atoms with van der Waals surface area (Å²) in [6, 6.07) is 8.48. The molecule has 2 aliphatic rings. The number of aliphatic hydroxyl groups excluding tert-OH is 1. The van der Waals surface area contributed by atoms with Crippen LogP contribution < -0.4 is 9.47 Å². The standard InChI is InChI=1S/C33H42N4O6/c1-21(2)11-17-43-25-10-9-24(20-26(25)41-5)29-27(30(38)28-23(4)36-13-6-8-22(3)32(36)34-28)31(39)33(40)37(29)14-7-12-35-15-18-42-19-16-35/h6,8-10,13,20-21,29,38H,7,11-12,14-19H2,1-5H3. The number of morpholine rings is 1. The summed E-state index contributed by atoms with van der Waals surface area (Å²) in [6.07, 6.45) is 3.43. The Kier molecular flexibility index (Phi) is 9.37. The summed E-state index contributed by atoms with van der Waals surface area (Å²) in [5.74, 6) is -0.0617. The molecular weight excluding hydrogens is 548 g/mol. The number of fused-ring (bicyclic) bond motifs is 1. The van der Waals surface area contributed by atoms with Crippen molar-refractivity contribution in [3.05, 3.63) is 64.6 Å². The van der Waals surface area contributed by atoms with Crippen molar-refractivity contribution in [2.75, 3.05) is 53.1 Å². The highest BCUT2D eigenvalue weighted by Gasteiger charge is 2.46. The van der Waals surface area contributed by atoms with E-state index in [2.05, 4.69) is 18.7 Å². The van der Waals surface area contributed by atoms with E-state index >= 15 is 0 Å². The van der Waals surface area contributed by atoms with Crippen LogP contribution in [0.25, 0.3) is 11.4 Å². The summed E-state index contributed by atoms with van der Waals surface area (Å²) >= 11 is 0. The molecule has 1 N–H and O–H groups in total. The number of carbonyl (C=O) groups excluding carboxylic acids is 2. The first-order chi connectivity index (χ1) is 20.7. The number of imidazole rings is 1.